The van der Waals surface area contributed by atoms with E-state index >= 15 is 0 Å². The Kier molecular flexibility index (Phi) is 4.33. The van der Waals surface area contributed by atoms with Gasteiger partial charge in [-0.25, -0.2) is 0 Å². The zero-order chi connectivity index (χ0) is 13.1. The second-order valence-electron chi connectivity index (χ2n) is 4.88. The maximum atomic E-state index is 8.94. The minimum atomic E-state index is -0.166. The van der Waals surface area contributed by atoms with Crippen molar-refractivity contribution in [2.75, 3.05) is 13.7 Å². The summed E-state index contributed by atoms with van der Waals surface area (Å²) in [4.78, 5) is 0. The molecule has 0 bridgehead atoms. The largest absolute Gasteiger partial charge is 0.377 e. The third-order valence-corrected chi connectivity index (χ3v) is 3.17. The van der Waals surface area contributed by atoms with Crippen molar-refractivity contribution in [3.05, 3.63) is 23.0 Å². The van der Waals surface area contributed by atoms with E-state index in [1.807, 2.05) is 38.5 Å². The summed E-state index contributed by atoms with van der Waals surface area (Å²) in [6, 6.07) is 4.12. The molecule has 4 heteroatoms. The minimum absolute atomic E-state index is 0.166. The Labute approximate surface area is 103 Å². The lowest BCUT2D eigenvalue weighted by Gasteiger charge is -2.23. The molecule has 0 aromatic carbocycles. The molecular formula is C13H21N3O. The number of hydrogen-bond acceptors (Lipinski definition) is 3. The van der Waals surface area contributed by atoms with Gasteiger partial charge in [-0.3, -0.25) is 0 Å². The van der Waals surface area contributed by atoms with Crippen molar-refractivity contribution < 1.29 is 4.74 Å². The molecule has 1 N–H and O–H groups in total. The maximum Gasteiger partial charge on any atom is 0.120 e. The number of methoxy groups -OCH3 is 1. The molecule has 0 fully saturated rings. The van der Waals surface area contributed by atoms with Crippen molar-refractivity contribution in [1.82, 2.24) is 9.88 Å². The summed E-state index contributed by atoms with van der Waals surface area (Å²) in [6.07, 6.45) is 0. The van der Waals surface area contributed by atoms with Crippen molar-refractivity contribution in [3.8, 4) is 6.07 Å². The second kappa shape index (κ2) is 5.35. The van der Waals surface area contributed by atoms with E-state index in [0.29, 0.717) is 5.69 Å². The monoisotopic (exact) mass is 235 g/mol. The van der Waals surface area contributed by atoms with Gasteiger partial charge >= 0.3 is 0 Å². The van der Waals surface area contributed by atoms with Crippen LogP contribution in [-0.4, -0.2) is 23.8 Å². The predicted molar refractivity (Wildman–Crippen MR) is 67.7 cm³/mol. The van der Waals surface area contributed by atoms with Gasteiger partial charge in [0.1, 0.15) is 11.8 Å². The Morgan fingerprint density at radius 2 is 2.18 bits per heavy atom. The highest BCUT2D eigenvalue weighted by Crippen LogP contribution is 2.13. The zero-order valence-electron chi connectivity index (χ0n) is 11.3. The molecule has 0 aliphatic carbocycles. The molecule has 0 saturated heterocycles. The Bertz CT molecular complexity index is 427. The third kappa shape index (κ3) is 3.32. The maximum absolute atomic E-state index is 8.94. The molecule has 94 valence electrons. The molecule has 1 heterocycles. The van der Waals surface area contributed by atoms with E-state index < -0.39 is 0 Å². The number of aromatic nitrogens is 1. The Balaban J connectivity index is 2.62. The lowest BCUT2D eigenvalue weighted by atomic mass is 10.1. The Morgan fingerprint density at radius 1 is 1.53 bits per heavy atom. The van der Waals surface area contributed by atoms with Crippen LogP contribution in [0.4, 0.5) is 0 Å². The van der Waals surface area contributed by atoms with Crippen molar-refractivity contribution in [2.24, 2.45) is 7.05 Å². The average molecular weight is 235 g/mol. The number of ether oxygens (including phenoxy) is 1. The molecule has 0 amide bonds. The predicted octanol–water partition coefficient (Wildman–Crippen LogP) is 1.72. The molecule has 0 aliphatic rings. The zero-order valence-corrected chi connectivity index (χ0v) is 11.3. The van der Waals surface area contributed by atoms with Crippen molar-refractivity contribution >= 4 is 0 Å². The topological polar surface area (TPSA) is 50.0 Å². The smallest absolute Gasteiger partial charge is 0.120 e. The summed E-state index contributed by atoms with van der Waals surface area (Å²) in [7, 11) is 3.62. The van der Waals surface area contributed by atoms with E-state index in [2.05, 4.69) is 11.4 Å². The molecule has 0 radical (unpaired) electrons. The Morgan fingerprint density at radius 3 is 2.65 bits per heavy atom. The first-order chi connectivity index (χ1) is 7.91. The third-order valence-electron chi connectivity index (χ3n) is 3.17. The number of nitrogens with one attached hydrogen (secondary N) is 1. The highest BCUT2D eigenvalue weighted by molar-refractivity contribution is 5.34. The fraction of sp³-hybridized carbons (Fsp3) is 0.615. The summed E-state index contributed by atoms with van der Waals surface area (Å²) in [5.74, 6) is 0. The van der Waals surface area contributed by atoms with Crippen molar-refractivity contribution in [1.29, 1.82) is 5.26 Å². The number of nitrogens with zero attached hydrogens (tertiary/aromatic N) is 2. The normalized spacial score (nSPS) is 11.5. The van der Waals surface area contributed by atoms with Gasteiger partial charge in [0, 0.05) is 32.9 Å². The molecule has 0 unspecified atom stereocenters. The molecule has 0 atom stereocenters. The van der Waals surface area contributed by atoms with E-state index in [1.54, 1.807) is 7.11 Å². The van der Waals surface area contributed by atoms with Gasteiger partial charge in [-0.2, -0.15) is 5.26 Å². The van der Waals surface area contributed by atoms with E-state index in [0.717, 1.165) is 24.3 Å². The lowest BCUT2D eigenvalue weighted by molar-refractivity contribution is 0.0230. The van der Waals surface area contributed by atoms with E-state index in [-0.39, 0.29) is 5.60 Å². The van der Waals surface area contributed by atoms with Crippen LogP contribution >= 0.6 is 0 Å². The van der Waals surface area contributed by atoms with Crippen LogP contribution in [0.5, 0.6) is 0 Å². The number of rotatable bonds is 5. The van der Waals surface area contributed by atoms with E-state index in [4.69, 9.17) is 10.00 Å². The summed E-state index contributed by atoms with van der Waals surface area (Å²) < 4.78 is 7.25. The summed E-state index contributed by atoms with van der Waals surface area (Å²) >= 11 is 0. The van der Waals surface area contributed by atoms with Crippen LogP contribution in [0, 0.1) is 18.3 Å². The van der Waals surface area contributed by atoms with Crippen LogP contribution in [0.2, 0.25) is 0 Å². The molecule has 0 aliphatic heterocycles. The first kappa shape index (κ1) is 13.8. The van der Waals surface area contributed by atoms with Gasteiger partial charge in [0.15, 0.2) is 0 Å². The fourth-order valence-corrected chi connectivity index (χ4v) is 1.62. The van der Waals surface area contributed by atoms with Crippen LogP contribution in [0.1, 0.15) is 30.8 Å². The van der Waals surface area contributed by atoms with Gasteiger partial charge in [0.25, 0.3) is 0 Å². The standard InChI is InChI=1S/C13H21N3O/c1-10-11(6-12(7-14)16(10)4)8-15-9-13(2,3)17-5/h6,15H,8-9H2,1-5H3. The summed E-state index contributed by atoms with van der Waals surface area (Å²) in [6.45, 7) is 7.64. The van der Waals surface area contributed by atoms with Gasteiger partial charge in [0.05, 0.1) is 5.60 Å². The fourth-order valence-electron chi connectivity index (χ4n) is 1.62. The first-order valence-electron chi connectivity index (χ1n) is 5.72. The van der Waals surface area contributed by atoms with Gasteiger partial charge in [-0.1, -0.05) is 0 Å². The van der Waals surface area contributed by atoms with Gasteiger partial charge < -0.3 is 14.6 Å². The van der Waals surface area contributed by atoms with Crippen LogP contribution in [0.25, 0.3) is 0 Å². The molecule has 17 heavy (non-hydrogen) atoms. The average Bonchev–Trinajstić information content (AvgIpc) is 2.57. The van der Waals surface area contributed by atoms with Crippen molar-refractivity contribution in [3.63, 3.8) is 0 Å². The van der Waals surface area contributed by atoms with Crippen molar-refractivity contribution in [2.45, 2.75) is 32.9 Å². The van der Waals surface area contributed by atoms with Gasteiger partial charge in [-0.05, 0) is 32.4 Å². The highest BCUT2D eigenvalue weighted by atomic mass is 16.5. The summed E-state index contributed by atoms with van der Waals surface area (Å²) in [5, 5.41) is 12.3. The molecule has 0 saturated carbocycles. The van der Waals surface area contributed by atoms with Gasteiger partial charge in [-0.15, -0.1) is 0 Å². The van der Waals surface area contributed by atoms with E-state index in [1.165, 1.54) is 0 Å². The quantitative estimate of drug-likeness (QED) is 0.845. The second-order valence-corrected chi connectivity index (χ2v) is 4.88. The van der Waals surface area contributed by atoms with Gasteiger partial charge in [0.2, 0.25) is 0 Å². The molecule has 1 rings (SSSR count). The number of nitriles is 1. The summed E-state index contributed by atoms with van der Waals surface area (Å²) in [5.41, 5.74) is 2.83. The molecule has 4 nitrogen and oxygen atoms in total. The molecule has 1 aromatic rings. The van der Waals surface area contributed by atoms with Crippen LogP contribution in [-0.2, 0) is 18.3 Å². The van der Waals surface area contributed by atoms with Crippen LogP contribution in [0.15, 0.2) is 6.07 Å². The molecular weight excluding hydrogens is 214 g/mol. The Hall–Kier alpha value is -1.31. The van der Waals surface area contributed by atoms with Crippen LogP contribution in [0.3, 0.4) is 0 Å². The van der Waals surface area contributed by atoms with E-state index in [9.17, 15) is 0 Å². The SMILES string of the molecule is COC(C)(C)CNCc1cc(C#N)n(C)c1C. The molecule has 1 aromatic heterocycles. The van der Waals surface area contributed by atoms with Crippen LogP contribution < -0.4 is 5.32 Å². The number of hydrogen-bond donors (Lipinski definition) is 1. The lowest BCUT2D eigenvalue weighted by Crippen LogP contribution is -2.36. The minimum Gasteiger partial charge on any atom is -0.377 e. The first-order valence-corrected chi connectivity index (χ1v) is 5.72. The molecule has 0 spiro atoms. The highest BCUT2D eigenvalue weighted by Gasteiger charge is 2.16.